The number of carbonyl (C=O) groups is 2. The molecular weight excluding hydrogens is 557 g/mol. The number of sulfonamides is 1. The van der Waals surface area contributed by atoms with Gasteiger partial charge in [-0.05, 0) is 48.7 Å². The van der Waals surface area contributed by atoms with Crippen LogP contribution in [0, 0.1) is 0 Å². The number of carbonyl (C=O) groups excluding carboxylic acids is 2. The first-order valence-electron chi connectivity index (χ1n) is 12.8. The maximum atomic E-state index is 14.0. The van der Waals surface area contributed by atoms with E-state index in [4.69, 9.17) is 23.2 Å². The van der Waals surface area contributed by atoms with E-state index in [0.717, 1.165) is 22.7 Å². The van der Waals surface area contributed by atoms with Gasteiger partial charge in [0, 0.05) is 18.1 Å². The molecule has 3 rings (SSSR count). The molecule has 0 radical (unpaired) electrons. The number of hydrogen-bond acceptors (Lipinski definition) is 4. The van der Waals surface area contributed by atoms with Crippen LogP contribution in [0.3, 0.4) is 0 Å². The molecule has 0 aliphatic heterocycles. The lowest BCUT2D eigenvalue weighted by molar-refractivity contribution is -0.140. The second-order valence-electron chi connectivity index (χ2n) is 9.00. The van der Waals surface area contributed by atoms with Gasteiger partial charge in [0.15, 0.2) is 0 Å². The molecule has 0 aliphatic carbocycles. The van der Waals surface area contributed by atoms with Gasteiger partial charge in [0.25, 0.3) is 10.0 Å². The van der Waals surface area contributed by atoms with Crippen LogP contribution < -0.4 is 9.62 Å². The zero-order chi connectivity index (χ0) is 28.4. The lowest BCUT2D eigenvalue weighted by atomic mass is 10.1. The Kier molecular flexibility index (Phi) is 11.2. The first kappa shape index (κ1) is 30.5. The largest absolute Gasteiger partial charge is 0.354 e. The third kappa shape index (κ3) is 7.97. The van der Waals surface area contributed by atoms with Crippen LogP contribution in [-0.4, -0.2) is 44.3 Å². The second kappa shape index (κ2) is 14.4. The third-order valence-electron chi connectivity index (χ3n) is 6.20. The van der Waals surface area contributed by atoms with Gasteiger partial charge in [-0.1, -0.05) is 92.0 Å². The summed E-state index contributed by atoms with van der Waals surface area (Å²) in [6.45, 7) is 3.91. The Hall–Kier alpha value is -3.07. The Labute approximate surface area is 240 Å². The van der Waals surface area contributed by atoms with Crippen LogP contribution in [0.2, 0.25) is 10.0 Å². The van der Waals surface area contributed by atoms with Gasteiger partial charge < -0.3 is 10.2 Å². The van der Waals surface area contributed by atoms with Gasteiger partial charge in [0.1, 0.15) is 12.6 Å². The molecule has 10 heteroatoms. The van der Waals surface area contributed by atoms with Crippen molar-refractivity contribution in [2.24, 2.45) is 0 Å². The Bertz CT molecular complexity index is 1360. The number of amides is 2. The molecule has 0 heterocycles. The molecule has 39 heavy (non-hydrogen) atoms. The van der Waals surface area contributed by atoms with Gasteiger partial charge >= 0.3 is 0 Å². The SMILES string of the molecule is CCCCNC(=O)[C@H](CC)N(Cc1ccccc1)C(=O)CN(c1ccc(Cl)cc1Cl)S(=O)(=O)c1ccccc1. The fourth-order valence-electron chi connectivity index (χ4n) is 4.12. The minimum atomic E-state index is -4.20. The van der Waals surface area contributed by atoms with Gasteiger partial charge in [-0.15, -0.1) is 0 Å². The fourth-order valence-corrected chi connectivity index (χ4v) is 6.14. The summed E-state index contributed by atoms with van der Waals surface area (Å²) in [7, 11) is -4.20. The molecule has 0 aromatic heterocycles. The highest BCUT2D eigenvalue weighted by atomic mass is 35.5. The summed E-state index contributed by atoms with van der Waals surface area (Å²) in [6.07, 6.45) is 2.08. The van der Waals surface area contributed by atoms with Crippen molar-refractivity contribution in [2.45, 2.75) is 50.6 Å². The Morgan fingerprint density at radius 2 is 1.56 bits per heavy atom. The molecule has 2 amide bonds. The second-order valence-corrected chi connectivity index (χ2v) is 11.7. The zero-order valence-corrected chi connectivity index (χ0v) is 24.3. The molecule has 0 saturated heterocycles. The highest BCUT2D eigenvalue weighted by Gasteiger charge is 2.34. The molecule has 208 valence electrons. The summed E-state index contributed by atoms with van der Waals surface area (Å²) in [5.74, 6) is -0.820. The zero-order valence-electron chi connectivity index (χ0n) is 22.0. The number of nitrogens with one attached hydrogen (secondary N) is 1. The fraction of sp³-hybridized carbons (Fsp3) is 0.310. The summed E-state index contributed by atoms with van der Waals surface area (Å²) in [5, 5.41) is 3.32. The Morgan fingerprint density at radius 3 is 2.15 bits per heavy atom. The standard InChI is InChI=1S/C29H33Cl2N3O4S/c1-3-5-18-32-29(36)26(4-2)33(20-22-12-8-6-9-13-22)28(35)21-34(27-17-16-23(30)19-25(27)31)39(37,38)24-14-10-7-11-15-24/h6-17,19,26H,3-5,18,20-21H2,1-2H3,(H,32,36)/t26-/m0/s1. The van der Waals surface area contributed by atoms with Gasteiger partial charge in [0.05, 0.1) is 15.6 Å². The minimum Gasteiger partial charge on any atom is -0.354 e. The summed E-state index contributed by atoms with van der Waals surface area (Å²) < 4.78 is 28.6. The van der Waals surface area contributed by atoms with Crippen LogP contribution in [0.1, 0.15) is 38.7 Å². The topological polar surface area (TPSA) is 86.8 Å². The molecule has 0 spiro atoms. The van der Waals surface area contributed by atoms with E-state index in [2.05, 4.69) is 5.32 Å². The molecule has 0 saturated carbocycles. The monoisotopic (exact) mass is 589 g/mol. The predicted molar refractivity (Wildman–Crippen MR) is 156 cm³/mol. The number of anilines is 1. The van der Waals surface area contributed by atoms with Crippen molar-refractivity contribution in [1.29, 1.82) is 0 Å². The molecule has 1 atom stereocenters. The quantitative estimate of drug-likeness (QED) is 0.251. The lowest BCUT2D eigenvalue weighted by Crippen LogP contribution is -2.52. The van der Waals surface area contributed by atoms with Gasteiger partial charge in [-0.3, -0.25) is 13.9 Å². The van der Waals surface area contributed by atoms with Crippen LogP contribution in [0.25, 0.3) is 0 Å². The lowest BCUT2D eigenvalue weighted by Gasteiger charge is -2.33. The van der Waals surface area contributed by atoms with Crippen molar-refractivity contribution in [3.8, 4) is 0 Å². The molecule has 1 N–H and O–H groups in total. The average molecular weight is 591 g/mol. The van der Waals surface area contributed by atoms with Crippen LogP contribution in [0.15, 0.2) is 83.8 Å². The highest BCUT2D eigenvalue weighted by Crippen LogP contribution is 2.33. The van der Waals surface area contributed by atoms with E-state index in [1.807, 2.05) is 44.2 Å². The molecule has 3 aromatic carbocycles. The summed E-state index contributed by atoms with van der Waals surface area (Å²) in [4.78, 5) is 28.6. The van der Waals surface area contributed by atoms with Crippen LogP contribution in [0.4, 0.5) is 5.69 Å². The van der Waals surface area contributed by atoms with Crippen molar-refractivity contribution < 1.29 is 18.0 Å². The predicted octanol–water partition coefficient (Wildman–Crippen LogP) is 5.91. The van der Waals surface area contributed by atoms with E-state index < -0.39 is 28.5 Å². The normalized spacial score (nSPS) is 12.0. The Balaban J connectivity index is 2.04. The van der Waals surface area contributed by atoms with Crippen molar-refractivity contribution in [3.05, 3.63) is 94.5 Å². The maximum absolute atomic E-state index is 14.0. The number of nitrogens with zero attached hydrogens (tertiary/aromatic N) is 2. The van der Waals surface area contributed by atoms with Crippen LogP contribution >= 0.6 is 23.2 Å². The number of benzene rings is 3. The van der Waals surface area contributed by atoms with Gasteiger partial charge in [-0.2, -0.15) is 0 Å². The molecule has 0 unspecified atom stereocenters. The van der Waals surface area contributed by atoms with E-state index in [-0.39, 0.29) is 28.1 Å². The smallest absolute Gasteiger partial charge is 0.264 e. The summed E-state index contributed by atoms with van der Waals surface area (Å²) in [5.41, 5.74) is 0.922. The van der Waals surface area contributed by atoms with Crippen molar-refractivity contribution in [1.82, 2.24) is 10.2 Å². The number of halogens is 2. The van der Waals surface area contributed by atoms with E-state index >= 15 is 0 Å². The van der Waals surface area contributed by atoms with Crippen molar-refractivity contribution in [2.75, 3.05) is 17.4 Å². The third-order valence-corrected chi connectivity index (χ3v) is 8.51. The molecular formula is C29H33Cl2N3O4S. The summed E-state index contributed by atoms with van der Waals surface area (Å²) in [6, 6.07) is 20.7. The first-order valence-corrected chi connectivity index (χ1v) is 15.0. The van der Waals surface area contributed by atoms with E-state index in [0.29, 0.717) is 18.0 Å². The highest BCUT2D eigenvalue weighted by molar-refractivity contribution is 7.92. The first-order chi connectivity index (χ1) is 18.7. The molecule has 3 aromatic rings. The average Bonchev–Trinajstić information content (AvgIpc) is 2.93. The molecule has 0 fully saturated rings. The van der Waals surface area contributed by atoms with Crippen LogP contribution in [0.5, 0.6) is 0 Å². The number of rotatable bonds is 13. The number of unbranched alkanes of at least 4 members (excludes halogenated alkanes) is 1. The van der Waals surface area contributed by atoms with E-state index in [1.54, 1.807) is 18.2 Å². The van der Waals surface area contributed by atoms with Crippen molar-refractivity contribution in [3.63, 3.8) is 0 Å². The maximum Gasteiger partial charge on any atom is 0.264 e. The number of hydrogen-bond donors (Lipinski definition) is 1. The molecule has 7 nitrogen and oxygen atoms in total. The Morgan fingerprint density at radius 1 is 0.923 bits per heavy atom. The van der Waals surface area contributed by atoms with Crippen LogP contribution in [-0.2, 0) is 26.2 Å². The van der Waals surface area contributed by atoms with Gasteiger partial charge in [-0.25, -0.2) is 8.42 Å². The molecule has 0 aliphatic rings. The van der Waals surface area contributed by atoms with E-state index in [9.17, 15) is 18.0 Å². The van der Waals surface area contributed by atoms with Gasteiger partial charge in [0.2, 0.25) is 11.8 Å². The minimum absolute atomic E-state index is 0.00257. The summed E-state index contributed by atoms with van der Waals surface area (Å²) >= 11 is 12.5. The van der Waals surface area contributed by atoms with Crippen molar-refractivity contribution >= 4 is 50.7 Å². The van der Waals surface area contributed by atoms with E-state index in [1.165, 1.54) is 35.2 Å². The molecule has 0 bridgehead atoms.